The number of benzene rings is 2. The Morgan fingerprint density at radius 2 is 1.92 bits per heavy atom. The highest BCUT2D eigenvalue weighted by Crippen LogP contribution is 2.29. The van der Waals surface area contributed by atoms with Crippen LogP contribution in [0.4, 0.5) is 5.69 Å². The molecule has 6 nitrogen and oxygen atoms in total. The quantitative estimate of drug-likeness (QED) is 0.660. The van der Waals surface area contributed by atoms with Crippen LogP contribution in [0.5, 0.6) is 5.75 Å². The van der Waals surface area contributed by atoms with Crippen molar-refractivity contribution in [3.63, 3.8) is 0 Å². The highest BCUT2D eigenvalue weighted by molar-refractivity contribution is 6.01. The van der Waals surface area contributed by atoms with Gasteiger partial charge in [-0.15, -0.1) is 0 Å². The zero-order valence-electron chi connectivity index (χ0n) is 14.6. The molecule has 0 aliphatic carbocycles. The highest BCUT2D eigenvalue weighted by atomic mass is 16.5. The average molecular weight is 353 g/mol. The fourth-order valence-electron chi connectivity index (χ4n) is 2.79. The number of fused-ring (bicyclic) bond motifs is 1. The molecule has 0 fully saturated rings. The number of para-hydroxylation sites is 2. The number of esters is 1. The molecule has 1 heterocycles. The fraction of sp³-hybridized carbons (Fsp3) is 0.250. The Hall–Kier alpha value is -3.15. The maximum absolute atomic E-state index is 12.2. The van der Waals surface area contributed by atoms with Crippen molar-refractivity contribution in [3.05, 3.63) is 59.2 Å². The number of hydrogen-bond acceptors (Lipinski definition) is 5. The number of hydrogen-bond donors (Lipinski definition) is 1. The largest absolute Gasteiger partial charge is 0.478 e. The number of amides is 1. The Morgan fingerprint density at radius 3 is 2.69 bits per heavy atom. The first-order chi connectivity index (χ1) is 12.4. The molecule has 1 N–H and O–H groups in total. The molecule has 26 heavy (non-hydrogen) atoms. The second-order valence-corrected chi connectivity index (χ2v) is 6.20. The zero-order valence-corrected chi connectivity index (χ0v) is 14.6. The van der Waals surface area contributed by atoms with Crippen LogP contribution in [0.15, 0.2) is 42.5 Å². The second kappa shape index (κ2) is 7.39. The van der Waals surface area contributed by atoms with Gasteiger partial charge >= 0.3 is 5.97 Å². The molecule has 1 amide bonds. The van der Waals surface area contributed by atoms with Crippen LogP contribution in [0.1, 0.15) is 27.9 Å². The van der Waals surface area contributed by atoms with E-state index in [1.54, 1.807) is 30.3 Å². The Morgan fingerprint density at radius 1 is 1.15 bits per heavy atom. The van der Waals surface area contributed by atoms with E-state index in [-0.39, 0.29) is 18.8 Å². The summed E-state index contributed by atoms with van der Waals surface area (Å²) in [6, 6.07) is 12.4. The van der Waals surface area contributed by atoms with Crippen LogP contribution in [0, 0.1) is 13.8 Å². The number of ketones is 1. The third kappa shape index (κ3) is 3.91. The smallest absolute Gasteiger partial charge is 0.310 e. The number of anilines is 1. The first-order valence-electron chi connectivity index (χ1n) is 8.26. The minimum absolute atomic E-state index is 0.264. The molecule has 0 spiro atoms. The van der Waals surface area contributed by atoms with Gasteiger partial charge in [-0.05, 0) is 31.5 Å². The van der Waals surface area contributed by atoms with E-state index in [1.807, 2.05) is 26.0 Å². The molecule has 0 bridgehead atoms. The predicted molar refractivity (Wildman–Crippen MR) is 95.3 cm³/mol. The van der Waals surface area contributed by atoms with Gasteiger partial charge in [-0.25, -0.2) is 0 Å². The molecule has 2 aromatic rings. The van der Waals surface area contributed by atoms with Gasteiger partial charge in [0.1, 0.15) is 5.75 Å². The summed E-state index contributed by atoms with van der Waals surface area (Å²) >= 11 is 0. The van der Waals surface area contributed by atoms with Crippen molar-refractivity contribution in [1.29, 1.82) is 0 Å². The van der Waals surface area contributed by atoms with E-state index < -0.39 is 18.0 Å². The molecule has 0 unspecified atom stereocenters. The topological polar surface area (TPSA) is 81.7 Å². The molecule has 134 valence electrons. The average Bonchev–Trinajstić information content (AvgIpc) is 2.60. The van der Waals surface area contributed by atoms with E-state index in [0.717, 1.165) is 11.1 Å². The molecular formula is C20H19NO5. The van der Waals surface area contributed by atoms with Gasteiger partial charge < -0.3 is 14.8 Å². The molecule has 0 aromatic heterocycles. The molecule has 2 aromatic carbocycles. The standard InChI is InChI=1S/C20H19NO5/c1-12-7-8-14(13(2)9-12)16(22)11-25-19(23)10-18-20(24)21-15-5-3-4-6-17(15)26-18/h3-9,18H,10-11H2,1-2H3,(H,21,24)/t18-/m0/s1. The number of nitrogens with one attached hydrogen (secondary N) is 1. The Bertz CT molecular complexity index is 874. The molecule has 0 radical (unpaired) electrons. The maximum atomic E-state index is 12.2. The molecule has 1 aliphatic heterocycles. The van der Waals surface area contributed by atoms with E-state index >= 15 is 0 Å². The lowest BCUT2D eigenvalue weighted by Gasteiger charge is -2.25. The van der Waals surface area contributed by atoms with E-state index in [1.165, 1.54) is 0 Å². The summed E-state index contributed by atoms with van der Waals surface area (Å²) in [6.07, 6.45) is -1.24. The van der Waals surface area contributed by atoms with E-state index in [9.17, 15) is 14.4 Å². The van der Waals surface area contributed by atoms with Crippen molar-refractivity contribution in [1.82, 2.24) is 0 Å². The van der Waals surface area contributed by atoms with E-state index in [2.05, 4.69) is 5.32 Å². The van der Waals surface area contributed by atoms with Crippen LogP contribution in [0.3, 0.4) is 0 Å². The van der Waals surface area contributed by atoms with Gasteiger partial charge in [0.25, 0.3) is 5.91 Å². The third-order valence-corrected chi connectivity index (χ3v) is 4.11. The number of Topliss-reactive ketones (excluding diaryl/α,β-unsaturated/α-hetero) is 1. The summed E-state index contributed by atoms with van der Waals surface area (Å²) in [5.74, 6) is -0.865. The van der Waals surface area contributed by atoms with Crippen LogP contribution in [-0.2, 0) is 14.3 Å². The molecule has 6 heteroatoms. The van der Waals surface area contributed by atoms with Crippen LogP contribution < -0.4 is 10.1 Å². The first kappa shape index (κ1) is 17.7. The number of rotatable bonds is 5. The molecule has 1 atom stereocenters. The van der Waals surface area contributed by atoms with Gasteiger partial charge in [0.05, 0.1) is 12.1 Å². The third-order valence-electron chi connectivity index (χ3n) is 4.11. The monoisotopic (exact) mass is 353 g/mol. The van der Waals surface area contributed by atoms with Crippen molar-refractivity contribution in [3.8, 4) is 5.75 Å². The fourth-order valence-corrected chi connectivity index (χ4v) is 2.79. The summed E-state index contributed by atoms with van der Waals surface area (Å²) in [5.41, 5.74) is 2.96. The van der Waals surface area contributed by atoms with Crippen molar-refractivity contribution in [2.45, 2.75) is 26.4 Å². The number of aryl methyl sites for hydroxylation is 2. The lowest BCUT2D eigenvalue weighted by atomic mass is 10.0. The normalized spacial score (nSPS) is 15.5. The molecular weight excluding hydrogens is 334 g/mol. The molecule has 0 saturated carbocycles. The van der Waals surface area contributed by atoms with Gasteiger partial charge in [0.2, 0.25) is 5.78 Å². The van der Waals surface area contributed by atoms with Crippen LogP contribution in [0.2, 0.25) is 0 Å². The van der Waals surface area contributed by atoms with Gasteiger partial charge in [-0.2, -0.15) is 0 Å². The second-order valence-electron chi connectivity index (χ2n) is 6.20. The van der Waals surface area contributed by atoms with E-state index in [4.69, 9.17) is 9.47 Å². The van der Waals surface area contributed by atoms with Crippen molar-refractivity contribution < 1.29 is 23.9 Å². The predicted octanol–water partition coefficient (Wildman–Crippen LogP) is 2.82. The minimum atomic E-state index is -0.978. The summed E-state index contributed by atoms with van der Waals surface area (Å²) in [4.78, 5) is 36.2. The number of ether oxygens (including phenoxy) is 2. The maximum Gasteiger partial charge on any atom is 0.310 e. The SMILES string of the molecule is Cc1ccc(C(=O)COC(=O)C[C@@H]2Oc3ccccc3NC2=O)c(C)c1. The van der Waals surface area contributed by atoms with Crippen LogP contribution >= 0.6 is 0 Å². The summed E-state index contributed by atoms with van der Waals surface area (Å²) < 4.78 is 10.6. The lowest BCUT2D eigenvalue weighted by molar-refractivity contribution is -0.146. The van der Waals surface area contributed by atoms with Crippen molar-refractivity contribution in [2.24, 2.45) is 0 Å². The molecule has 0 saturated heterocycles. The van der Waals surface area contributed by atoms with E-state index in [0.29, 0.717) is 17.0 Å². The van der Waals surface area contributed by atoms with Crippen molar-refractivity contribution >= 4 is 23.3 Å². The lowest BCUT2D eigenvalue weighted by Crippen LogP contribution is -2.39. The Kier molecular flexibility index (Phi) is 5.02. The minimum Gasteiger partial charge on any atom is -0.478 e. The van der Waals surface area contributed by atoms with Gasteiger partial charge in [-0.1, -0.05) is 35.9 Å². The van der Waals surface area contributed by atoms with Crippen molar-refractivity contribution in [2.75, 3.05) is 11.9 Å². The van der Waals surface area contributed by atoms with Gasteiger partial charge in [-0.3, -0.25) is 14.4 Å². The first-order valence-corrected chi connectivity index (χ1v) is 8.26. The number of carbonyl (C=O) groups is 3. The highest BCUT2D eigenvalue weighted by Gasteiger charge is 2.30. The summed E-state index contributed by atoms with van der Waals surface area (Å²) in [7, 11) is 0. The zero-order chi connectivity index (χ0) is 18.7. The van der Waals surface area contributed by atoms with Gasteiger partial charge in [0, 0.05) is 5.56 Å². The number of carbonyl (C=O) groups excluding carboxylic acids is 3. The molecule has 1 aliphatic rings. The van der Waals surface area contributed by atoms with Gasteiger partial charge in [0.15, 0.2) is 12.7 Å². The van der Waals surface area contributed by atoms with Crippen LogP contribution in [-0.4, -0.2) is 30.4 Å². The summed E-state index contributed by atoms with van der Waals surface area (Å²) in [6.45, 7) is 3.40. The van der Waals surface area contributed by atoms with Crippen LogP contribution in [0.25, 0.3) is 0 Å². The Balaban J connectivity index is 1.56. The summed E-state index contributed by atoms with van der Waals surface area (Å²) in [5, 5.41) is 2.68. The molecule has 3 rings (SSSR count). The Labute approximate surface area is 151 Å².